The Morgan fingerprint density at radius 1 is 0.970 bits per heavy atom. The molecule has 0 aliphatic carbocycles. The van der Waals surface area contributed by atoms with Crippen molar-refractivity contribution in [2.24, 2.45) is 0 Å². The molecule has 2 heterocycles. The van der Waals surface area contributed by atoms with Crippen LogP contribution in [0.2, 0.25) is 0 Å². The number of nitrogens with zero attached hydrogens (tertiary/aromatic N) is 2. The number of aryl methyl sites for hydroxylation is 3. The van der Waals surface area contributed by atoms with Gasteiger partial charge in [-0.25, -0.2) is 13.4 Å². The molecule has 0 aliphatic heterocycles. The molecule has 4 aromatic rings. The van der Waals surface area contributed by atoms with E-state index in [1.54, 1.807) is 37.3 Å². The number of fused-ring (bicyclic) bond motifs is 1. The summed E-state index contributed by atoms with van der Waals surface area (Å²) in [6.07, 6.45) is 1.21. The SMILES string of the molecule is Cc1ccc(S(=O)(=O)c2cn(CC(=O)Nc3ccccc3C)c3nc(C)ccc3c2=O)cc1. The zero-order valence-electron chi connectivity index (χ0n) is 18.5. The summed E-state index contributed by atoms with van der Waals surface area (Å²) < 4.78 is 28.0. The Hall–Kier alpha value is -3.78. The van der Waals surface area contributed by atoms with Gasteiger partial charge in [-0.3, -0.25) is 9.59 Å². The first kappa shape index (κ1) is 22.4. The van der Waals surface area contributed by atoms with E-state index in [1.807, 2.05) is 32.0 Å². The molecule has 168 valence electrons. The van der Waals surface area contributed by atoms with Gasteiger partial charge in [0.2, 0.25) is 21.2 Å². The average Bonchev–Trinajstić information content (AvgIpc) is 2.77. The van der Waals surface area contributed by atoms with Crippen molar-refractivity contribution in [3.05, 3.63) is 93.9 Å². The van der Waals surface area contributed by atoms with Gasteiger partial charge in [0.05, 0.1) is 10.3 Å². The molecule has 8 heteroatoms. The van der Waals surface area contributed by atoms with Crippen LogP contribution in [-0.4, -0.2) is 23.9 Å². The first-order valence-corrected chi connectivity index (χ1v) is 11.8. The predicted molar refractivity (Wildman–Crippen MR) is 127 cm³/mol. The number of carbonyl (C=O) groups is 1. The molecule has 0 aliphatic rings. The highest BCUT2D eigenvalue weighted by Gasteiger charge is 2.25. The number of anilines is 1. The van der Waals surface area contributed by atoms with Crippen LogP contribution in [0, 0.1) is 20.8 Å². The third-order valence-electron chi connectivity index (χ3n) is 5.38. The number of para-hydroxylation sites is 1. The van der Waals surface area contributed by atoms with Gasteiger partial charge in [-0.2, -0.15) is 0 Å². The fraction of sp³-hybridized carbons (Fsp3) is 0.160. The Labute approximate surface area is 191 Å². The highest BCUT2D eigenvalue weighted by molar-refractivity contribution is 7.91. The van der Waals surface area contributed by atoms with E-state index in [9.17, 15) is 18.0 Å². The zero-order chi connectivity index (χ0) is 23.8. The van der Waals surface area contributed by atoms with E-state index >= 15 is 0 Å². The van der Waals surface area contributed by atoms with E-state index in [2.05, 4.69) is 10.3 Å². The average molecular weight is 462 g/mol. The van der Waals surface area contributed by atoms with Crippen LogP contribution in [0.15, 0.2) is 81.4 Å². The lowest BCUT2D eigenvalue weighted by molar-refractivity contribution is -0.116. The Kier molecular flexibility index (Phi) is 5.86. The molecule has 0 atom stereocenters. The molecule has 0 saturated carbocycles. The molecule has 0 fully saturated rings. The predicted octanol–water partition coefficient (Wildman–Crippen LogP) is 3.79. The van der Waals surface area contributed by atoms with Gasteiger partial charge in [-0.05, 0) is 56.7 Å². The fourth-order valence-corrected chi connectivity index (χ4v) is 4.92. The van der Waals surface area contributed by atoms with Crippen LogP contribution in [0.4, 0.5) is 5.69 Å². The summed E-state index contributed by atoms with van der Waals surface area (Å²) in [5.41, 5.74) is 2.70. The smallest absolute Gasteiger partial charge is 0.244 e. The summed E-state index contributed by atoms with van der Waals surface area (Å²) >= 11 is 0. The van der Waals surface area contributed by atoms with Crippen molar-refractivity contribution in [2.75, 3.05) is 5.32 Å². The summed E-state index contributed by atoms with van der Waals surface area (Å²) in [4.78, 5) is 30.0. The maximum Gasteiger partial charge on any atom is 0.244 e. The van der Waals surface area contributed by atoms with Crippen LogP contribution in [0.1, 0.15) is 16.8 Å². The molecular formula is C25H23N3O4S. The summed E-state index contributed by atoms with van der Waals surface area (Å²) in [5.74, 6) is -0.365. The number of nitrogens with one attached hydrogen (secondary N) is 1. The summed E-state index contributed by atoms with van der Waals surface area (Å²) in [6, 6.07) is 16.8. The number of aromatic nitrogens is 2. The highest BCUT2D eigenvalue weighted by atomic mass is 32.2. The lowest BCUT2D eigenvalue weighted by Crippen LogP contribution is -2.24. The second kappa shape index (κ2) is 8.63. The minimum absolute atomic E-state index is 0.0144. The number of pyridine rings is 2. The minimum atomic E-state index is -4.10. The lowest BCUT2D eigenvalue weighted by Gasteiger charge is -2.14. The van der Waals surface area contributed by atoms with Crippen LogP contribution in [0.3, 0.4) is 0 Å². The van der Waals surface area contributed by atoms with Crippen molar-refractivity contribution in [3.63, 3.8) is 0 Å². The van der Waals surface area contributed by atoms with E-state index in [1.165, 1.54) is 22.9 Å². The Morgan fingerprint density at radius 3 is 2.36 bits per heavy atom. The second-order valence-electron chi connectivity index (χ2n) is 7.95. The fourth-order valence-electron chi connectivity index (χ4n) is 3.55. The van der Waals surface area contributed by atoms with Crippen molar-refractivity contribution in [2.45, 2.75) is 37.1 Å². The van der Waals surface area contributed by atoms with Gasteiger partial charge in [-0.1, -0.05) is 35.9 Å². The maximum absolute atomic E-state index is 13.3. The van der Waals surface area contributed by atoms with Crippen molar-refractivity contribution < 1.29 is 13.2 Å². The van der Waals surface area contributed by atoms with Crippen molar-refractivity contribution >= 4 is 32.5 Å². The van der Waals surface area contributed by atoms with E-state index in [4.69, 9.17) is 0 Å². The van der Waals surface area contributed by atoms with Gasteiger partial charge in [0.25, 0.3) is 0 Å². The molecule has 0 saturated heterocycles. The molecule has 0 spiro atoms. The van der Waals surface area contributed by atoms with Crippen molar-refractivity contribution in [3.8, 4) is 0 Å². The Bertz CT molecular complexity index is 1540. The standard InChI is InChI=1S/C25H23N3O4S/c1-16-8-11-19(12-9-16)33(31,32)22-14-28(25-20(24(22)30)13-10-18(3)26-25)15-23(29)27-21-7-5-4-6-17(21)2/h4-14H,15H2,1-3H3,(H,27,29). The number of amides is 1. The summed E-state index contributed by atoms with van der Waals surface area (Å²) in [7, 11) is -4.10. The molecule has 2 aromatic carbocycles. The normalized spacial score (nSPS) is 11.5. The number of sulfone groups is 1. The molecule has 1 amide bonds. The van der Waals surface area contributed by atoms with Gasteiger partial charge < -0.3 is 9.88 Å². The van der Waals surface area contributed by atoms with Crippen LogP contribution in [0.25, 0.3) is 11.0 Å². The molecule has 33 heavy (non-hydrogen) atoms. The van der Waals surface area contributed by atoms with Crippen LogP contribution in [-0.2, 0) is 21.2 Å². The molecule has 4 rings (SSSR count). The molecule has 0 unspecified atom stereocenters. The minimum Gasteiger partial charge on any atom is -0.324 e. The third-order valence-corrected chi connectivity index (χ3v) is 7.14. The van der Waals surface area contributed by atoms with Gasteiger partial charge in [0.1, 0.15) is 17.1 Å². The van der Waals surface area contributed by atoms with Crippen LogP contribution in [0.5, 0.6) is 0 Å². The van der Waals surface area contributed by atoms with E-state index in [0.717, 1.165) is 11.1 Å². The number of hydrogen-bond acceptors (Lipinski definition) is 5. The van der Waals surface area contributed by atoms with E-state index in [0.29, 0.717) is 11.4 Å². The van der Waals surface area contributed by atoms with Gasteiger partial charge in [0.15, 0.2) is 0 Å². The van der Waals surface area contributed by atoms with Gasteiger partial charge in [0, 0.05) is 17.6 Å². The monoisotopic (exact) mass is 461 g/mol. The molecule has 7 nitrogen and oxygen atoms in total. The lowest BCUT2D eigenvalue weighted by atomic mass is 10.2. The quantitative estimate of drug-likeness (QED) is 0.488. The van der Waals surface area contributed by atoms with Crippen molar-refractivity contribution in [1.29, 1.82) is 0 Å². The molecule has 2 aromatic heterocycles. The van der Waals surface area contributed by atoms with E-state index < -0.39 is 20.2 Å². The first-order valence-electron chi connectivity index (χ1n) is 10.3. The first-order chi connectivity index (χ1) is 15.7. The third kappa shape index (κ3) is 4.42. The number of rotatable bonds is 5. The van der Waals surface area contributed by atoms with Crippen molar-refractivity contribution in [1.82, 2.24) is 9.55 Å². The topological polar surface area (TPSA) is 98.1 Å². The van der Waals surface area contributed by atoms with Gasteiger partial charge in [-0.15, -0.1) is 0 Å². The largest absolute Gasteiger partial charge is 0.324 e. The van der Waals surface area contributed by atoms with E-state index in [-0.39, 0.29) is 28.4 Å². The number of hydrogen-bond donors (Lipinski definition) is 1. The molecular weight excluding hydrogens is 438 g/mol. The summed E-state index contributed by atoms with van der Waals surface area (Å²) in [5, 5.41) is 2.97. The molecule has 1 N–H and O–H groups in total. The molecule has 0 radical (unpaired) electrons. The number of carbonyl (C=O) groups excluding carboxylic acids is 1. The Morgan fingerprint density at radius 2 is 1.67 bits per heavy atom. The van der Waals surface area contributed by atoms with Crippen LogP contribution < -0.4 is 10.7 Å². The highest BCUT2D eigenvalue weighted by Crippen LogP contribution is 2.22. The molecule has 0 bridgehead atoms. The Balaban J connectivity index is 1.83. The van der Waals surface area contributed by atoms with Gasteiger partial charge >= 0.3 is 0 Å². The zero-order valence-corrected chi connectivity index (χ0v) is 19.3. The summed E-state index contributed by atoms with van der Waals surface area (Å²) in [6.45, 7) is 5.28. The van der Waals surface area contributed by atoms with Crippen LogP contribution >= 0.6 is 0 Å². The second-order valence-corrected chi connectivity index (χ2v) is 9.87. The maximum atomic E-state index is 13.3. The number of benzene rings is 2.